The number of aliphatic hydroxyl groups is 1. The van der Waals surface area contributed by atoms with Crippen LogP contribution in [0.15, 0.2) is 131 Å². The molecule has 1 aliphatic heterocycles. The molecule has 4 aromatic carbocycles. The van der Waals surface area contributed by atoms with Gasteiger partial charge in [0.15, 0.2) is 0 Å². The fourth-order valence-corrected chi connectivity index (χ4v) is 11.2. The van der Waals surface area contributed by atoms with Gasteiger partial charge in [0.1, 0.15) is 0 Å². The van der Waals surface area contributed by atoms with Crippen LogP contribution in [0.4, 0.5) is 17.1 Å². The van der Waals surface area contributed by atoms with Crippen molar-refractivity contribution in [3.63, 3.8) is 0 Å². The van der Waals surface area contributed by atoms with Gasteiger partial charge in [0, 0.05) is 94.2 Å². The Bertz CT molecular complexity index is 2730. The van der Waals surface area contributed by atoms with Crippen LogP contribution in [0.1, 0.15) is 49.2 Å². The minimum absolute atomic E-state index is 0.0488. The van der Waals surface area contributed by atoms with Crippen molar-refractivity contribution in [2.75, 3.05) is 46.5 Å². The third-order valence-corrected chi connectivity index (χ3v) is 15.5. The van der Waals surface area contributed by atoms with E-state index in [4.69, 9.17) is 11.6 Å². The molecule has 1 unspecified atom stereocenters. The van der Waals surface area contributed by atoms with E-state index in [-0.39, 0.29) is 29.3 Å². The predicted octanol–water partition coefficient (Wildman–Crippen LogP) is 8.62. The first-order chi connectivity index (χ1) is 31.0. The van der Waals surface area contributed by atoms with Gasteiger partial charge in [-0.15, -0.1) is 11.8 Å². The van der Waals surface area contributed by atoms with Crippen LogP contribution in [0.25, 0.3) is 22.4 Å². The van der Waals surface area contributed by atoms with Gasteiger partial charge in [-0.3, -0.25) is 19.6 Å². The third-order valence-electron chi connectivity index (χ3n) is 12.5. The van der Waals surface area contributed by atoms with Gasteiger partial charge in [-0.2, -0.15) is 0 Å². The maximum atomic E-state index is 14.1. The molecule has 65 heavy (non-hydrogen) atoms. The van der Waals surface area contributed by atoms with E-state index in [1.54, 1.807) is 30.8 Å². The largest absolute Gasteiger partial charge is 0.390 e. The molecule has 5 aromatic rings. The van der Waals surface area contributed by atoms with Gasteiger partial charge in [-0.1, -0.05) is 54.1 Å². The molecule has 0 radical (unpaired) electrons. The van der Waals surface area contributed by atoms with Gasteiger partial charge in [0.25, 0.3) is 22.0 Å². The van der Waals surface area contributed by atoms with Gasteiger partial charge in [0.2, 0.25) is 0 Å². The molecule has 0 spiro atoms. The molecule has 1 saturated carbocycles. The number of hydrogen-bond donors (Lipinski definition) is 4. The molecule has 1 amide bonds. The molecule has 1 saturated heterocycles. The van der Waals surface area contributed by atoms with Crippen LogP contribution in [0, 0.1) is 17.0 Å². The number of halogens is 1. The monoisotopic (exact) mass is 935 g/mol. The average molecular weight is 937 g/mol. The normalized spacial score (nSPS) is 20.3. The molecule has 16 heteroatoms. The Morgan fingerprint density at radius 3 is 2.23 bits per heavy atom. The van der Waals surface area contributed by atoms with Crippen LogP contribution in [0.5, 0.6) is 0 Å². The lowest BCUT2D eigenvalue weighted by Gasteiger charge is -2.41. The maximum Gasteiger partial charge on any atom is 0.258 e. The third kappa shape index (κ3) is 10.4. The number of hydrogen-bond acceptors (Lipinski definition) is 10. The van der Waals surface area contributed by atoms with E-state index in [1.807, 2.05) is 99.8 Å². The quantitative estimate of drug-likeness (QED) is 0.0455. The summed E-state index contributed by atoms with van der Waals surface area (Å²) in [6, 6.07) is 31.6. The lowest BCUT2D eigenvalue weighted by atomic mass is 9.77. The van der Waals surface area contributed by atoms with Crippen molar-refractivity contribution in [1.29, 1.82) is 0 Å². The molecule has 2 atom stereocenters. The molecule has 13 nitrogen and oxygen atoms in total. The van der Waals surface area contributed by atoms with Gasteiger partial charge < -0.3 is 30.1 Å². The van der Waals surface area contributed by atoms with E-state index in [0.717, 1.165) is 70.5 Å². The minimum atomic E-state index is -4.07. The van der Waals surface area contributed by atoms with Crippen LogP contribution in [0.3, 0.4) is 0 Å². The topological polar surface area (TPSA) is 162 Å². The zero-order valence-electron chi connectivity index (χ0n) is 36.8. The summed E-state index contributed by atoms with van der Waals surface area (Å²) in [6.07, 6.45) is 3.71. The van der Waals surface area contributed by atoms with Crippen LogP contribution in [-0.4, -0.2) is 84.6 Å². The Balaban J connectivity index is 0.927. The van der Waals surface area contributed by atoms with Crippen molar-refractivity contribution < 1.29 is 23.2 Å². The zero-order chi connectivity index (χ0) is 46.0. The highest BCUT2D eigenvalue weighted by Gasteiger charge is 2.40. The van der Waals surface area contributed by atoms with Crippen LogP contribution in [0.2, 0.25) is 5.02 Å². The van der Waals surface area contributed by atoms with Gasteiger partial charge in [-0.25, -0.2) is 8.42 Å². The number of benzene rings is 4. The van der Waals surface area contributed by atoms with Crippen LogP contribution < -0.4 is 25.2 Å². The Hall–Kier alpha value is -5.74. The predicted molar refractivity (Wildman–Crippen MR) is 262 cm³/mol. The van der Waals surface area contributed by atoms with Crippen LogP contribution >= 0.6 is 23.4 Å². The van der Waals surface area contributed by atoms with Gasteiger partial charge >= 0.3 is 0 Å². The number of rotatable bonds is 15. The van der Waals surface area contributed by atoms with Crippen molar-refractivity contribution in [2.45, 2.75) is 68.7 Å². The second-order valence-electron chi connectivity index (χ2n) is 17.4. The second kappa shape index (κ2) is 19.0. The van der Waals surface area contributed by atoms with E-state index < -0.39 is 26.6 Å². The van der Waals surface area contributed by atoms with E-state index in [1.165, 1.54) is 12.2 Å². The second-order valence-corrected chi connectivity index (χ2v) is 20.7. The highest BCUT2D eigenvalue weighted by Crippen LogP contribution is 2.41. The van der Waals surface area contributed by atoms with E-state index in [0.29, 0.717) is 40.6 Å². The molecule has 8 rings (SSSR count). The number of carbonyl (C=O) groups is 1. The molecule has 4 N–H and O–H groups in total. The summed E-state index contributed by atoms with van der Waals surface area (Å²) in [5, 5.41) is 29.5. The molecule has 2 aliphatic carbocycles. The SMILES string of the molecule is Cc1c(C(=O)NC2CC(C)(O)C2)c(-c2cccc(N3CCN(c4ccc(NS(=O)(=O)C5=CC=C(N[C@H](C)CSc6ccccc6)C([N+](=O)[O-])C5)cc4)CC3)c2)c(-c2ccc(Cl)cc2)n1C. The molecular weight excluding hydrogens is 882 g/mol. The fraction of sp³-hybridized carbons (Fsp3) is 0.327. The molecule has 340 valence electrons. The Morgan fingerprint density at radius 1 is 0.923 bits per heavy atom. The average Bonchev–Trinajstić information content (AvgIpc) is 3.55. The number of allylic oxidation sites excluding steroid dienone is 2. The molecule has 2 fully saturated rings. The lowest BCUT2D eigenvalue weighted by molar-refractivity contribution is -0.512. The highest BCUT2D eigenvalue weighted by atomic mass is 35.5. The summed E-state index contributed by atoms with van der Waals surface area (Å²) in [7, 11) is -2.09. The maximum absolute atomic E-state index is 14.1. The van der Waals surface area contributed by atoms with Gasteiger partial charge in [-0.05, 0) is 118 Å². The summed E-state index contributed by atoms with van der Waals surface area (Å²) >= 11 is 7.94. The summed E-state index contributed by atoms with van der Waals surface area (Å²) < 4.78 is 31.7. The zero-order valence-corrected chi connectivity index (χ0v) is 39.2. The Morgan fingerprint density at radius 2 is 1.58 bits per heavy atom. The first-order valence-electron chi connectivity index (χ1n) is 21.8. The molecule has 0 bridgehead atoms. The summed E-state index contributed by atoms with van der Waals surface area (Å²) in [5.74, 6) is 0.514. The van der Waals surface area contributed by atoms with E-state index in [2.05, 4.69) is 41.9 Å². The number of nitrogens with one attached hydrogen (secondary N) is 3. The first-order valence-corrected chi connectivity index (χ1v) is 24.6. The Labute approximate surface area is 389 Å². The highest BCUT2D eigenvalue weighted by molar-refractivity contribution is 7.99. The number of thioether (sulfide) groups is 1. The number of anilines is 3. The summed E-state index contributed by atoms with van der Waals surface area (Å²) in [5.41, 5.74) is 6.99. The Kier molecular flexibility index (Phi) is 13.4. The van der Waals surface area contributed by atoms with E-state index in [9.17, 15) is 28.4 Å². The van der Waals surface area contributed by atoms with Crippen molar-refractivity contribution in [3.8, 4) is 22.4 Å². The van der Waals surface area contributed by atoms with Crippen molar-refractivity contribution >= 4 is 56.4 Å². The number of sulfonamides is 1. The summed E-state index contributed by atoms with van der Waals surface area (Å²) in [4.78, 5) is 31.4. The lowest BCUT2D eigenvalue weighted by Crippen LogP contribution is -2.53. The number of piperazine rings is 1. The summed E-state index contributed by atoms with van der Waals surface area (Å²) in [6.45, 7) is 8.59. The standard InChI is InChI=1S/C49H54ClN7O6S2/c1-32(31-64-41-11-6-5-7-12-41)51-43-22-21-42(28-44(43)57(60)61)65(62,63)53-37-17-19-39(20-18-37)55-23-25-56(26-24-55)40-10-8-9-35(27-40)46-45(48(58)52-38-29-49(3,59)30-38)33(2)54(4)47(46)34-13-15-36(50)16-14-34/h5-22,27,32,38,44,51,53,59H,23-26,28-31H2,1-4H3,(H,52,58)/t32-,38?,44?,49?/m1/s1. The van der Waals surface area contributed by atoms with Crippen molar-refractivity contribution in [3.05, 3.63) is 152 Å². The number of aromatic nitrogens is 1. The first kappa shape index (κ1) is 45.8. The smallest absolute Gasteiger partial charge is 0.258 e. The van der Waals surface area contributed by atoms with Gasteiger partial charge in [0.05, 0.1) is 33.9 Å². The molecular formula is C49H54ClN7O6S2. The minimum Gasteiger partial charge on any atom is -0.390 e. The molecule has 2 heterocycles. The number of nitro groups is 1. The van der Waals surface area contributed by atoms with Crippen molar-refractivity contribution in [1.82, 2.24) is 15.2 Å². The van der Waals surface area contributed by atoms with Crippen LogP contribution in [-0.2, 0) is 17.1 Å². The molecule has 1 aromatic heterocycles. The number of amides is 1. The van der Waals surface area contributed by atoms with E-state index >= 15 is 0 Å². The fourth-order valence-electron chi connectivity index (χ4n) is 8.97. The number of nitrogens with zero attached hydrogens (tertiary/aromatic N) is 4. The van der Waals surface area contributed by atoms with Crippen molar-refractivity contribution in [2.24, 2.45) is 7.05 Å². The molecule has 3 aliphatic rings. The number of carbonyl (C=O) groups excluding carboxylic acids is 1.